The molecule has 6 heteroatoms. The summed E-state index contributed by atoms with van der Waals surface area (Å²) in [6.45, 7) is 0. The van der Waals surface area contributed by atoms with Crippen molar-refractivity contribution in [3.63, 3.8) is 0 Å². The van der Waals surface area contributed by atoms with Crippen LogP contribution in [0.15, 0.2) is 0 Å². The van der Waals surface area contributed by atoms with E-state index in [2.05, 4.69) is 0 Å². The van der Waals surface area contributed by atoms with Crippen molar-refractivity contribution in [2.75, 3.05) is 0 Å². The summed E-state index contributed by atoms with van der Waals surface area (Å²) in [5.74, 6) is -0.886. The van der Waals surface area contributed by atoms with Crippen LogP contribution >= 0.6 is 23.6 Å². The zero-order valence-corrected chi connectivity index (χ0v) is 5.29. The third-order valence-corrected chi connectivity index (χ3v) is 0.762. The van der Waals surface area contributed by atoms with Crippen molar-refractivity contribution in [1.29, 1.82) is 10.8 Å². The Bertz CT molecular complexity index is 119. The summed E-state index contributed by atoms with van der Waals surface area (Å²) in [5.41, 5.74) is 4.79. The third kappa shape index (κ3) is 1.99. The summed E-state index contributed by atoms with van der Waals surface area (Å²) in [5, 5.41) is 13.3. The molecule has 0 aromatic rings. The van der Waals surface area contributed by atoms with Gasteiger partial charge in [0.1, 0.15) is 0 Å². The van der Waals surface area contributed by atoms with Gasteiger partial charge in [-0.05, 0) is 0 Å². The molecular weight excluding hydrogens is 151 g/mol. The van der Waals surface area contributed by atoms with Crippen molar-refractivity contribution in [3.8, 4) is 0 Å². The van der Waals surface area contributed by atoms with Crippen LogP contribution in [-0.4, -0.2) is 15.6 Å². The van der Waals surface area contributed by atoms with E-state index < -0.39 is 11.7 Å². The van der Waals surface area contributed by atoms with Gasteiger partial charge in [0.2, 0.25) is 0 Å². The number of halogens is 2. The molecule has 0 bridgehead atoms. The Kier molecular flexibility index (Phi) is 2.57. The smallest absolute Gasteiger partial charge is 0.194 e. The fraction of sp³-hybridized carbons (Fsp3) is 0. The van der Waals surface area contributed by atoms with Gasteiger partial charge in [0.15, 0.2) is 11.7 Å². The molecule has 0 spiro atoms. The second-order valence-corrected chi connectivity index (χ2v) is 1.84. The molecule has 0 aliphatic carbocycles. The summed E-state index contributed by atoms with van der Waals surface area (Å²) >= 11 is 9.95. The lowest BCUT2D eigenvalue weighted by Crippen LogP contribution is -2.28. The van der Waals surface area contributed by atoms with Crippen molar-refractivity contribution in [2.45, 2.75) is 0 Å². The largest absolute Gasteiger partial charge is 0.381 e. The van der Waals surface area contributed by atoms with Gasteiger partial charge in [-0.25, -0.2) is 0 Å². The van der Waals surface area contributed by atoms with E-state index >= 15 is 0 Å². The molecule has 0 heterocycles. The zero-order valence-electron chi connectivity index (χ0n) is 3.78. The molecule has 0 saturated heterocycles. The first kappa shape index (κ1) is 7.52. The van der Waals surface area contributed by atoms with Gasteiger partial charge >= 0.3 is 0 Å². The Balaban J connectivity index is 3.84. The van der Waals surface area contributed by atoms with Gasteiger partial charge in [0, 0.05) is 23.6 Å². The highest BCUT2D eigenvalue weighted by molar-refractivity contribution is 6.53. The molecule has 0 saturated carbocycles. The minimum Gasteiger partial charge on any atom is -0.381 e. The predicted octanol–water partition coefficient (Wildman–Crippen LogP) is 0.509. The molecule has 8 heavy (non-hydrogen) atoms. The van der Waals surface area contributed by atoms with Gasteiger partial charge < -0.3 is 5.73 Å². The number of amidine groups is 2. The maximum absolute atomic E-state index is 6.71. The van der Waals surface area contributed by atoms with E-state index in [9.17, 15) is 0 Å². The molecular formula is C2H4Cl2N4. The molecule has 0 fully saturated rings. The Morgan fingerprint density at radius 1 is 1.38 bits per heavy atom. The van der Waals surface area contributed by atoms with E-state index in [1.807, 2.05) is 0 Å². The Morgan fingerprint density at radius 3 is 1.75 bits per heavy atom. The zero-order chi connectivity index (χ0) is 6.73. The number of nitrogens with zero attached hydrogens (tertiary/aromatic N) is 1. The summed E-state index contributed by atoms with van der Waals surface area (Å²) in [6, 6.07) is 0. The maximum Gasteiger partial charge on any atom is 0.194 e. The predicted molar refractivity (Wildman–Crippen MR) is 33.2 cm³/mol. The fourth-order valence-corrected chi connectivity index (χ4v) is 0.273. The van der Waals surface area contributed by atoms with E-state index in [1.165, 1.54) is 0 Å². The highest BCUT2D eigenvalue weighted by Crippen LogP contribution is 1.97. The first-order valence-electron chi connectivity index (χ1n) is 1.60. The van der Waals surface area contributed by atoms with Crippen LogP contribution in [-0.2, 0) is 0 Å². The van der Waals surface area contributed by atoms with Gasteiger partial charge in [0.05, 0.1) is 0 Å². The summed E-state index contributed by atoms with van der Waals surface area (Å²) in [7, 11) is 0. The van der Waals surface area contributed by atoms with Gasteiger partial charge in [0.25, 0.3) is 0 Å². The molecule has 4 N–H and O–H groups in total. The minimum absolute atomic E-state index is 0.419. The van der Waals surface area contributed by atoms with E-state index in [0.29, 0.717) is 3.94 Å². The summed E-state index contributed by atoms with van der Waals surface area (Å²) < 4.78 is 0.419. The van der Waals surface area contributed by atoms with Crippen molar-refractivity contribution < 1.29 is 0 Å². The molecule has 0 aromatic carbocycles. The minimum atomic E-state index is -0.463. The molecule has 0 aliphatic rings. The second kappa shape index (κ2) is 2.74. The van der Waals surface area contributed by atoms with E-state index in [4.69, 9.17) is 40.1 Å². The van der Waals surface area contributed by atoms with E-state index in [1.54, 1.807) is 0 Å². The SMILES string of the molecule is N=C(N)C(=N)N(Cl)Cl. The van der Waals surface area contributed by atoms with E-state index in [-0.39, 0.29) is 0 Å². The van der Waals surface area contributed by atoms with Crippen LogP contribution in [0.5, 0.6) is 0 Å². The molecule has 0 amide bonds. The molecule has 0 radical (unpaired) electrons. The Morgan fingerprint density at radius 2 is 1.75 bits per heavy atom. The monoisotopic (exact) mass is 154 g/mol. The fourth-order valence-electron chi connectivity index (χ4n) is 0.0911. The standard InChI is InChI=1S/C2H4Cl2N4/c3-8(4)2(7)1(5)6/h7H,(H3,5,6). The molecule has 0 aliphatic heterocycles. The number of hydrogen-bond donors (Lipinski definition) is 3. The van der Waals surface area contributed by atoms with Crippen molar-refractivity contribution in [2.24, 2.45) is 5.73 Å². The van der Waals surface area contributed by atoms with Gasteiger partial charge in [-0.1, -0.05) is 0 Å². The Labute approximate surface area is 56.4 Å². The third-order valence-electron chi connectivity index (χ3n) is 0.424. The lowest BCUT2D eigenvalue weighted by Gasteiger charge is -2.02. The quantitative estimate of drug-likeness (QED) is 0.270. The normalized spacial score (nSPS) is 8.25. The van der Waals surface area contributed by atoms with Gasteiger partial charge in [-0.15, -0.1) is 0 Å². The van der Waals surface area contributed by atoms with Crippen molar-refractivity contribution in [3.05, 3.63) is 0 Å². The maximum atomic E-state index is 6.71. The van der Waals surface area contributed by atoms with Crippen LogP contribution in [0.4, 0.5) is 0 Å². The number of rotatable bonds is 0. The van der Waals surface area contributed by atoms with Crippen molar-refractivity contribution >= 4 is 35.2 Å². The molecule has 46 valence electrons. The molecule has 0 unspecified atom stereocenters. The summed E-state index contributed by atoms with van der Waals surface area (Å²) in [4.78, 5) is 0. The molecule has 0 rings (SSSR count). The van der Waals surface area contributed by atoms with Crippen LogP contribution in [0.25, 0.3) is 0 Å². The van der Waals surface area contributed by atoms with Crippen LogP contribution in [0.1, 0.15) is 0 Å². The first-order valence-corrected chi connectivity index (χ1v) is 2.28. The van der Waals surface area contributed by atoms with Crippen LogP contribution in [0.3, 0.4) is 0 Å². The van der Waals surface area contributed by atoms with Crippen LogP contribution in [0, 0.1) is 10.8 Å². The van der Waals surface area contributed by atoms with Crippen molar-refractivity contribution in [1.82, 2.24) is 3.94 Å². The van der Waals surface area contributed by atoms with E-state index in [0.717, 1.165) is 0 Å². The molecule has 0 aromatic heterocycles. The number of hydrogen-bond acceptors (Lipinski definition) is 2. The number of nitrogens with two attached hydrogens (primary N) is 1. The first-order chi connectivity index (χ1) is 3.55. The van der Waals surface area contributed by atoms with Crippen LogP contribution in [0.2, 0.25) is 0 Å². The van der Waals surface area contributed by atoms with Gasteiger partial charge in [-0.3, -0.25) is 10.8 Å². The lowest BCUT2D eigenvalue weighted by molar-refractivity contribution is 1.06. The second-order valence-electron chi connectivity index (χ2n) is 0.995. The topological polar surface area (TPSA) is 77.0 Å². The van der Waals surface area contributed by atoms with Crippen LogP contribution < -0.4 is 5.73 Å². The molecule has 0 atom stereocenters. The summed E-state index contributed by atoms with van der Waals surface area (Å²) in [6.07, 6.45) is 0. The highest BCUT2D eigenvalue weighted by atomic mass is 35.5. The highest BCUT2D eigenvalue weighted by Gasteiger charge is 2.04. The van der Waals surface area contributed by atoms with Gasteiger partial charge in [-0.2, -0.15) is 3.94 Å². The Hall–Kier alpha value is -0.480. The average Bonchev–Trinajstić information content (AvgIpc) is 1.64. The average molecular weight is 155 g/mol. The molecule has 4 nitrogen and oxygen atoms in total. The number of nitrogens with one attached hydrogen (secondary N) is 2. The lowest BCUT2D eigenvalue weighted by atomic mass is 10.6.